The van der Waals surface area contributed by atoms with Crippen LogP contribution in [0.5, 0.6) is 0 Å². The molecule has 1 heterocycles. The predicted octanol–water partition coefficient (Wildman–Crippen LogP) is 1.99. The summed E-state index contributed by atoms with van der Waals surface area (Å²) in [5.74, 6) is -0.0247. The number of carbonyl (C=O) groups is 1. The van der Waals surface area contributed by atoms with Crippen LogP contribution in [0.4, 0.5) is 0 Å². The minimum absolute atomic E-state index is 0.108. The largest absolute Gasteiger partial charge is 0.481 e. The van der Waals surface area contributed by atoms with Gasteiger partial charge in [-0.2, -0.15) is 11.8 Å². The first-order valence-electron chi connectivity index (χ1n) is 4.21. The Kier molecular flexibility index (Phi) is 5.00. The van der Waals surface area contributed by atoms with Crippen molar-refractivity contribution in [3.63, 3.8) is 0 Å². The van der Waals surface area contributed by atoms with E-state index >= 15 is 0 Å². The minimum Gasteiger partial charge on any atom is -0.481 e. The van der Waals surface area contributed by atoms with Gasteiger partial charge < -0.3 is 10.2 Å². The number of rotatable bonds is 6. The first-order chi connectivity index (χ1) is 6.70. The lowest BCUT2D eigenvalue weighted by molar-refractivity contribution is -0.133. The summed E-state index contributed by atoms with van der Waals surface area (Å²) in [5, 5.41) is 19.9. The number of aliphatic carboxylic acids is 1. The van der Waals surface area contributed by atoms with Gasteiger partial charge in [0.15, 0.2) is 0 Å². The van der Waals surface area contributed by atoms with Crippen molar-refractivity contribution in [2.75, 3.05) is 11.5 Å². The third kappa shape index (κ3) is 4.13. The number of aliphatic hydroxyl groups excluding tert-OH is 1. The standard InChI is InChI=1S/C9H12O3S2/c10-7(8-2-1-4-14-8)3-5-13-6-9(11)12/h1-2,4,7,10H,3,5-6H2,(H,11,12). The fourth-order valence-corrected chi connectivity index (χ4v) is 2.43. The first-order valence-corrected chi connectivity index (χ1v) is 6.24. The van der Waals surface area contributed by atoms with Gasteiger partial charge in [-0.15, -0.1) is 11.3 Å². The second-order valence-corrected chi connectivity index (χ2v) is 4.85. The second-order valence-electron chi connectivity index (χ2n) is 2.77. The molecule has 0 aliphatic heterocycles. The number of aliphatic hydroxyl groups is 1. The Labute approximate surface area is 90.8 Å². The molecule has 1 rings (SSSR count). The monoisotopic (exact) mass is 232 g/mol. The Bertz CT molecular complexity index is 272. The molecule has 0 saturated carbocycles. The van der Waals surface area contributed by atoms with Crippen molar-refractivity contribution in [1.29, 1.82) is 0 Å². The van der Waals surface area contributed by atoms with Gasteiger partial charge in [0.2, 0.25) is 0 Å². The normalized spacial score (nSPS) is 12.6. The SMILES string of the molecule is O=C(O)CSCCC(O)c1cccs1. The summed E-state index contributed by atoms with van der Waals surface area (Å²) in [4.78, 5) is 11.1. The van der Waals surface area contributed by atoms with Crippen LogP contribution in [0.25, 0.3) is 0 Å². The quantitative estimate of drug-likeness (QED) is 0.736. The van der Waals surface area contributed by atoms with E-state index in [1.165, 1.54) is 23.1 Å². The van der Waals surface area contributed by atoms with Crippen LogP contribution in [-0.4, -0.2) is 27.7 Å². The third-order valence-electron chi connectivity index (χ3n) is 1.63. The molecule has 0 bridgehead atoms. The third-order valence-corrected chi connectivity index (χ3v) is 3.58. The second kappa shape index (κ2) is 6.06. The van der Waals surface area contributed by atoms with Gasteiger partial charge in [0, 0.05) is 4.88 Å². The highest BCUT2D eigenvalue weighted by atomic mass is 32.2. The van der Waals surface area contributed by atoms with Crippen LogP contribution in [0.3, 0.4) is 0 Å². The van der Waals surface area contributed by atoms with Gasteiger partial charge in [0.1, 0.15) is 0 Å². The van der Waals surface area contributed by atoms with Crippen molar-refractivity contribution < 1.29 is 15.0 Å². The van der Waals surface area contributed by atoms with Crippen LogP contribution < -0.4 is 0 Å². The summed E-state index contributed by atoms with van der Waals surface area (Å²) in [7, 11) is 0. The molecule has 3 nitrogen and oxygen atoms in total. The maximum Gasteiger partial charge on any atom is 0.313 e. The van der Waals surface area contributed by atoms with E-state index in [0.29, 0.717) is 12.2 Å². The molecule has 0 aliphatic carbocycles. The lowest BCUT2D eigenvalue weighted by Crippen LogP contribution is -2.01. The maximum atomic E-state index is 10.2. The average Bonchev–Trinajstić information content (AvgIpc) is 2.64. The molecular formula is C9H12O3S2. The van der Waals surface area contributed by atoms with Crippen LogP contribution >= 0.6 is 23.1 Å². The van der Waals surface area contributed by atoms with E-state index in [1.807, 2.05) is 17.5 Å². The highest BCUT2D eigenvalue weighted by Gasteiger charge is 2.08. The number of thioether (sulfide) groups is 1. The summed E-state index contributed by atoms with van der Waals surface area (Å²) in [6.07, 6.45) is 0.162. The maximum absolute atomic E-state index is 10.2. The van der Waals surface area contributed by atoms with Gasteiger partial charge in [0.25, 0.3) is 0 Å². The number of hydrogen-bond donors (Lipinski definition) is 2. The Morgan fingerprint density at radius 1 is 1.64 bits per heavy atom. The Morgan fingerprint density at radius 2 is 2.43 bits per heavy atom. The molecule has 0 aromatic carbocycles. The zero-order valence-corrected chi connectivity index (χ0v) is 9.18. The Hall–Kier alpha value is -0.520. The van der Waals surface area contributed by atoms with E-state index in [-0.39, 0.29) is 5.75 Å². The van der Waals surface area contributed by atoms with Crippen molar-refractivity contribution in [2.24, 2.45) is 0 Å². The fourth-order valence-electron chi connectivity index (χ4n) is 0.978. The Balaban J connectivity index is 2.16. The minimum atomic E-state index is -0.805. The molecule has 0 aliphatic rings. The average molecular weight is 232 g/mol. The van der Waals surface area contributed by atoms with Gasteiger partial charge in [-0.05, 0) is 23.6 Å². The number of carboxylic acid groups (broad SMARTS) is 1. The summed E-state index contributed by atoms with van der Waals surface area (Å²) >= 11 is 2.85. The number of carboxylic acids is 1. The Morgan fingerprint density at radius 3 is 3.00 bits per heavy atom. The lowest BCUT2D eigenvalue weighted by Gasteiger charge is -2.06. The molecule has 0 spiro atoms. The zero-order valence-electron chi connectivity index (χ0n) is 7.55. The van der Waals surface area contributed by atoms with Crippen molar-refractivity contribution in [2.45, 2.75) is 12.5 Å². The van der Waals surface area contributed by atoms with Crippen molar-refractivity contribution >= 4 is 29.1 Å². The lowest BCUT2D eigenvalue weighted by atomic mass is 10.2. The topological polar surface area (TPSA) is 57.5 Å². The van der Waals surface area contributed by atoms with Gasteiger partial charge in [-0.25, -0.2) is 0 Å². The molecule has 1 atom stereocenters. The van der Waals surface area contributed by atoms with Crippen molar-refractivity contribution in [3.8, 4) is 0 Å². The highest BCUT2D eigenvalue weighted by molar-refractivity contribution is 7.99. The summed E-state index contributed by atoms with van der Waals surface area (Å²) in [6, 6.07) is 3.78. The van der Waals surface area contributed by atoms with Crippen LogP contribution in [0.1, 0.15) is 17.4 Å². The molecule has 1 aromatic rings. The van der Waals surface area contributed by atoms with Gasteiger partial charge in [-0.3, -0.25) is 4.79 Å². The van der Waals surface area contributed by atoms with Gasteiger partial charge >= 0.3 is 5.97 Å². The summed E-state index contributed by atoms with van der Waals surface area (Å²) in [5.41, 5.74) is 0. The zero-order chi connectivity index (χ0) is 10.4. The van der Waals surface area contributed by atoms with Gasteiger partial charge in [0.05, 0.1) is 11.9 Å². The van der Waals surface area contributed by atoms with E-state index in [0.717, 1.165) is 4.88 Å². The predicted molar refractivity (Wildman–Crippen MR) is 58.9 cm³/mol. The van der Waals surface area contributed by atoms with Crippen LogP contribution in [0.2, 0.25) is 0 Å². The van der Waals surface area contributed by atoms with E-state index < -0.39 is 12.1 Å². The van der Waals surface area contributed by atoms with E-state index in [2.05, 4.69) is 0 Å². The molecule has 5 heteroatoms. The van der Waals surface area contributed by atoms with Crippen molar-refractivity contribution in [3.05, 3.63) is 22.4 Å². The van der Waals surface area contributed by atoms with Crippen LogP contribution in [-0.2, 0) is 4.79 Å². The molecule has 2 N–H and O–H groups in total. The van der Waals surface area contributed by atoms with E-state index in [4.69, 9.17) is 5.11 Å². The van der Waals surface area contributed by atoms with Gasteiger partial charge in [-0.1, -0.05) is 6.07 Å². The molecule has 0 radical (unpaired) electrons. The molecule has 78 valence electrons. The fraction of sp³-hybridized carbons (Fsp3) is 0.444. The molecular weight excluding hydrogens is 220 g/mol. The molecule has 14 heavy (non-hydrogen) atoms. The highest BCUT2D eigenvalue weighted by Crippen LogP contribution is 2.22. The van der Waals surface area contributed by atoms with Crippen LogP contribution in [0, 0.1) is 0 Å². The van der Waals surface area contributed by atoms with Crippen LogP contribution in [0.15, 0.2) is 17.5 Å². The summed E-state index contributed by atoms with van der Waals surface area (Å²) < 4.78 is 0. The first kappa shape index (κ1) is 11.6. The smallest absolute Gasteiger partial charge is 0.313 e. The number of hydrogen-bond acceptors (Lipinski definition) is 4. The molecule has 0 amide bonds. The van der Waals surface area contributed by atoms with Crippen molar-refractivity contribution in [1.82, 2.24) is 0 Å². The van der Waals surface area contributed by atoms with E-state index in [1.54, 1.807) is 0 Å². The molecule has 1 unspecified atom stereocenters. The summed E-state index contributed by atoms with van der Waals surface area (Å²) in [6.45, 7) is 0. The molecule has 0 fully saturated rings. The molecule has 1 aromatic heterocycles. The van der Waals surface area contributed by atoms with E-state index in [9.17, 15) is 9.90 Å². The molecule has 0 saturated heterocycles. The number of thiophene rings is 1.